The Kier molecular flexibility index (Phi) is 4.92. The first-order valence-corrected chi connectivity index (χ1v) is 6.12. The topological polar surface area (TPSA) is 38.0 Å². The van der Waals surface area contributed by atoms with Gasteiger partial charge in [-0.1, -0.05) is 31.5 Å². The zero-order valence-corrected chi connectivity index (χ0v) is 11.3. The predicted octanol–water partition coefficient (Wildman–Crippen LogP) is 2.69. The number of benzene rings is 1. The summed E-state index contributed by atoms with van der Waals surface area (Å²) in [6, 6.07) is 4.99. The zero-order valence-electron chi connectivity index (χ0n) is 10.6. The molecule has 1 aromatic rings. The van der Waals surface area contributed by atoms with Crippen molar-refractivity contribution in [2.45, 2.75) is 32.2 Å². The lowest BCUT2D eigenvalue weighted by molar-refractivity contribution is 0.457. The zero-order chi connectivity index (χ0) is 13.1. The van der Waals surface area contributed by atoms with E-state index in [4.69, 9.17) is 17.3 Å². The van der Waals surface area contributed by atoms with Crippen molar-refractivity contribution in [3.05, 3.63) is 34.6 Å². The van der Waals surface area contributed by atoms with Crippen LogP contribution in [0.2, 0.25) is 5.02 Å². The molecule has 3 N–H and O–H groups in total. The molecule has 0 amide bonds. The summed E-state index contributed by atoms with van der Waals surface area (Å²) in [6.45, 7) is 7.67. The minimum Gasteiger partial charge on any atom is -0.327 e. The standard InChI is InChI=1S/C13H20ClFN2/c1-9(16)7-17-8-13(2,3)10-4-5-12(15)11(14)6-10/h4-6,9,17H,7-8,16H2,1-3H3. The first-order valence-electron chi connectivity index (χ1n) is 5.75. The third kappa shape index (κ3) is 4.26. The minimum absolute atomic E-state index is 0.105. The average Bonchev–Trinajstić information content (AvgIpc) is 2.21. The summed E-state index contributed by atoms with van der Waals surface area (Å²) in [6.07, 6.45) is 0. The summed E-state index contributed by atoms with van der Waals surface area (Å²) in [5, 5.41) is 3.47. The van der Waals surface area contributed by atoms with Crippen LogP contribution < -0.4 is 11.1 Å². The Bertz CT molecular complexity index is 378. The van der Waals surface area contributed by atoms with Crippen LogP contribution in [0.25, 0.3) is 0 Å². The summed E-state index contributed by atoms with van der Waals surface area (Å²) in [7, 11) is 0. The first-order chi connectivity index (χ1) is 7.83. The summed E-state index contributed by atoms with van der Waals surface area (Å²) in [4.78, 5) is 0. The Morgan fingerprint density at radius 3 is 2.65 bits per heavy atom. The normalized spacial score (nSPS) is 13.8. The van der Waals surface area contributed by atoms with E-state index in [9.17, 15) is 4.39 Å². The molecule has 0 spiro atoms. The van der Waals surface area contributed by atoms with Gasteiger partial charge in [0.15, 0.2) is 0 Å². The summed E-state index contributed by atoms with van der Waals surface area (Å²) >= 11 is 5.79. The summed E-state index contributed by atoms with van der Waals surface area (Å²) in [5.74, 6) is -0.380. The van der Waals surface area contributed by atoms with Gasteiger partial charge in [-0.15, -0.1) is 0 Å². The van der Waals surface area contributed by atoms with Crippen LogP contribution in [0.3, 0.4) is 0 Å². The smallest absolute Gasteiger partial charge is 0.141 e. The molecule has 1 aromatic carbocycles. The lowest BCUT2D eigenvalue weighted by atomic mass is 9.84. The molecule has 17 heavy (non-hydrogen) atoms. The van der Waals surface area contributed by atoms with Crippen LogP contribution in [-0.2, 0) is 5.41 Å². The summed E-state index contributed by atoms with van der Waals surface area (Å²) in [5.41, 5.74) is 6.58. The molecule has 0 fully saturated rings. The maximum absolute atomic E-state index is 13.1. The molecule has 4 heteroatoms. The fourth-order valence-electron chi connectivity index (χ4n) is 1.63. The third-order valence-electron chi connectivity index (χ3n) is 2.73. The maximum atomic E-state index is 13.1. The van der Waals surface area contributed by atoms with Crippen molar-refractivity contribution in [2.75, 3.05) is 13.1 Å². The van der Waals surface area contributed by atoms with Crippen molar-refractivity contribution in [3.63, 3.8) is 0 Å². The van der Waals surface area contributed by atoms with Gasteiger partial charge in [0.1, 0.15) is 5.82 Å². The van der Waals surface area contributed by atoms with Gasteiger partial charge in [0.2, 0.25) is 0 Å². The van der Waals surface area contributed by atoms with E-state index in [1.165, 1.54) is 6.07 Å². The van der Waals surface area contributed by atoms with Crippen LogP contribution in [0.1, 0.15) is 26.3 Å². The van der Waals surface area contributed by atoms with Crippen molar-refractivity contribution in [2.24, 2.45) is 5.73 Å². The Balaban J connectivity index is 2.71. The van der Waals surface area contributed by atoms with Crippen molar-refractivity contribution in [3.8, 4) is 0 Å². The van der Waals surface area contributed by atoms with E-state index in [1.807, 2.05) is 6.92 Å². The molecule has 0 saturated heterocycles. The molecule has 1 unspecified atom stereocenters. The van der Waals surface area contributed by atoms with Crippen molar-refractivity contribution in [1.29, 1.82) is 0 Å². The van der Waals surface area contributed by atoms with Crippen LogP contribution in [0.15, 0.2) is 18.2 Å². The highest BCUT2D eigenvalue weighted by Crippen LogP contribution is 2.26. The van der Waals surface area contributed by atoms with Gasteiger partial charge in [0, 0.05) is 24.5 Å². The highest BCUT2D eigenvalue weighted by Gasteiger charge is 2.21. The fraction of sp³-hybridized carbons (Fsp3) is 0.538. The molecule has 0 aliphatic carbocycles. The van der Waals surface area contributed by atoms with Gasteiger partial charge < -0.3 is 11.1 Å². The fourth-order valence-corrected chi connectivity index (χ4v) is 1.81. The van der Waals surface area contributed by atoms with Gasteiger partial charge in [-0.3, -0.25) is 0 Å². The largest absolute Gasteiger partial charge is 0.327 e. The first kappa shape index (κ1) is 14.4. The molecule has 0 aliphatic rings. The van der Waals surface area contributed by atoms with Gasteiger partial charge in [-0.2, -0.15) is 0 Å². The van der Waals surface area contributed by atoms with E-state index < -0.39 is 0 Å². The number of nitrogens with two attached hydrogens (primary N) is 1. The quantitative estimate of drug-likeness (QED) is 0.852. The van der Waals surface area contributed by atoms with Gasteiger partial charge in [0.05, 0.1) is 5.02 Å². The van der Waals surface area contributed by atoms with Crippen LogP contribution in [-0.4, -0.2) is 19.1 Å². The van der Waals surface area contributed by atoms with E-state index in [1.54, 1.807) is 12.1 Å². The molecule has 2 nitrogen and oxygen atoms in total. The van der Waals surface area contributed by atoms with Gasteiger partial charge >= 0.3 is 0 Å². The number of hydrogen-bond donors (Lipinski definition) is 2. The van der Waals surface area contributed by atoms with Gasteiger partial charge in [-0.05, 0) is 24.6 Å². The molecule has 0 bridgehead atoms. The second-order valence-electron chi connectivity index (χ2n) is 5.12. The van der Waals surface area contributed by atoms with Crippen LogP contribution in [0.5, 0.6) is 0 Å². The Morgan fingerprint density at radius 2 is 2.12 bits per heavy atom. The van der Waals surface area contributed by atoms with Crippen molar-refractivity contribution >= 4 is 11.6 Å². The lowest BCUT2D eigenvalue weighted by Gasteiger charge is -2.26. The molecule has 0 heterocycles. The molecule has 1 rings (SSSR count). The van der Waals surface area contributed by atoms with E-state index in [0.29, 0.717) is 0 Å². The van der Waals surface area contributed by atoms with Crippen molar-refractivity contribution < 1.29 is 4.39 Å². The van der Waals surface area contributed by atoms with Crippen LogP contribution >= 0.6 is 11.6 Å². The molecule has 0 radical (unpaired) electrons. The van der Waals surface area contributed by atoms with Crippen LogP contribution in [0.4, 0.5) is 4.39 Å². The summed E-state index contributed by atoms with van der Waals surface area (Å²) < 4.78 is 13.1. The molecular weight excluding hydrogens is 239 g/mol. The monoisotopic (exact) mass is 258 g/mol. The van der Waals surface area contributed by atoms with Gasteiger partial charge in [0.25, 0.3) is 0 Å². The highest BCUT2D eigenvalue weighted by molar-refractivity contribution is 6.30. The molecule has 0 aliphatic heterocycles. The molecular formula is C13H20ClFN2. The minimum atomic E-state index is -0.380. The Morgan fingerprint density at radius 1 is 1.47 bits per heavy atom. The maximum Gasteiger partial charge on any atom is 0.141 e. The van der Waals surface area contributed by atoms with Crippen LogP contribution in [0, 0.1) is 5.82 Å². The second kappa shape index (κ2) is 5.80. The van der Waals surface area contributed by atoms with Gasteiger partial charge in [-0.25, -0.2) is 4.39 Å². The van der Waals surface area contributed by atoms with E-state index in [0.717, 1.165) is 18.7 Å². The third-order valence-corrected chi connectivity index (χ3v) is 3.02. The predicted molar refractivity (Wildman–Crippen MR) is 71.0 cm³/mol. The second-order valence-corrected chi connectivity index (χ2v) is 5.53. The number of rotatable bonds is 5. The van der Waals surface area contributed by atoms with E-state index in [-0.39, 0.29) is 22.3 Å². The number of nitrogens with one attached hydrogen (secondary N) is 1. The molecule has 96 valence electrons. The lowest BCUT2D eigenvalue weighted by Crippen LogP contribution is -2.38. The molecule has 0 aromatic heterocycles. The number of halogens is 2. The van der Waals surface area contributed by atoms with E-state index >= 15 is 0 Å². The van der Waals surface area contributed by atoms with E-state index in [2.05, 4.69) is 19.2 Å². The SMILES string of the molecule is CC(N)CNCC(C)(C)c1ccc(F)c(Cl)c1. The average molecular weight is 259 g/mol. The molecule has 1 atom stereocenters. The Hall–Kier alpha value is -0.640. The molecule has 0 saturated carbocycles. The number of hydrogen-bond acceptors (Lipinski definition) is 2. The highest BCUT2D eigenvalue weighted by atomic mass is 35.5. The van der Waals surface area contributed by atoms with Crippen molar-refractivity contribution in [1.82, 2.24) is 5.32 Å². The Labute approximate surface area is 107 Å².